The first kappa shape index (κ1) is 16.7. The Labute approximate surface area is 133 Å². The number of rotatable bonds is 5. The molecule has 0 bridgehead atoms. The van der Waals surface area contributed by atoms with Crippen LogP contribution in [0.25, 0.3) is 0 Å². The molecule has 21 heavy (non-hydrogen) atoms. The molecule has 1 aromatic rings. The predicted molar refractivity (Wildman–Crippen MR) is 82.4 cm³/mol. The van der Waals surface area contributed by atoms with Crippen LogP contribution < -0.4 is 5.32 Å². The highest BCUT2D eigenvalue weighted by molar-refractivity contribution is 7.89. The van der Waals surface area contributed by atoms with E-state index in [1.54, 1.807) is 11.4 Å². The van der Waals surface area contributed by atoms with Crippen LogP contribution in [-0.4, -0.2) is 57.7 Å². The molecule has 1 aromatic heterocycles. The van der Waals surface area contributed by atoms with Crippen molar-refractivity contribution in [3.8, 4) is 0 Å². The SMILES string of the molecule is CN(C)S(=O)(=O)C[C@@H]1COC[C@H]1NC(=O)c1sccc1Cl. The van der Waals surface area contributed by atoms with Gasteiger partial charge in [-0.1, -0.05) is 11.6 Å². The van der Waals surface area contributed by atoms with Crippen molar-refractivity contribution in [2.24, 2.45) is 5.92 Å². The Morgan fingerprint density at radius 1 is 1.52 bits per heavy atom. The van der Waals surface area contributed by atoms with Crippen LogP contribution in [-0.2, 0) is 14.8 Å². The molecule has 6 nitrogen and oxygen atoms in total. The number of sulfonamides is 1. The molecular weight excluding hydrogens is 336 g/mol. The van der Waals surface area contributed by atoms with Gasteiger partial charge in [-0.2, -0.15) is 0 Å². The number of carbonyl (C=O) groups is 1. The van der Waals surface area contributed by atoms with Crippen LogP contribution in [0.2, 0.25) is 5.02 Å². The van der Waals surface area contributed by atoms with Crippen molar-refractivity contribution in [1.29, 1.82) is 0 Å². The minimum Gasteiger partial charge on any atom is -0.379 e. The summed E-state index contributed by atoms with van der Waals surface area (Å²) in [7, 11) is -0.353. The zero-order valence-corrected chi connectivity index (χ0v) is 14.1. The molecule has 2 heterocycles. The van der Waals surface area contributed by atoms with E-state index in [0.29, 0.717) is 23.1 Å². The van der Waals surface area contributed by atoms with Crippen LogP contribution in [0.3, 0.4) is 0 Å². The van der Waals surface area contributed by atoms with Crippen molar-refractivity contribution >= 4 is 38.9 Å². The van der Waals surface area contributed by atoms with Gasteiger partial charge in [0.1, 0.15) is 4.88 Å². The summed E-state index contributed by atoms with van der Waals surface area (Å²) in [6.07, 6.45) is 0. The Morgan fingerprint density at radius 3 is 2.81 bits per heavy atom. The lowest BCUT2D eigenvalue weighted by Gasteiger charge is -2.20. The lowest BCUT2D eigenvalue weighted by Crippen LogP contribution is -2.43. The second-order valence-electron chi connectivity index (χ2n) is 5.04. The molecule has 0 radical (unpaired) electrons. The monoisotopic (exact) mass is 352 g/mol. The summed E-state index contributed by atoms with van der Waals surface area (Å²) in [6.45, 7) is 0.624. The number of halogens is 1. The zero-order chi connectivity index (χ0) is 15.6. The average molecular weight is 353 g/mol. The van der Waals surface area contributed by atoms with Crippen LogP contribution >= 0.6 is 22.9 Å². The average Bonchev–Trinajstić information content (AvgIpc) is 2.98. The first-order valence-electron chi connectivity index (χ1n) is 6.33. The second kappa shape index (κ2) is 6.62. The van der Waals surface area contributed by atoms with Gasteiger partial charge in [0.05, 0.1) is 30.0 Å². The van der Waals surface area contributed by atoms with Crippen molar-refractivity contribution in [2.45, 2.75) is 6.04 Å². The molecule has 0 unspecified atom stereocenters. The van der Waals surface area contributed by atoms with E-state index in [1.165, 1.54) is 29.7 Å². The van der Waals surface area contributed by atoms with Crippen molar-refractivity contribution in [3.63, 3.8) is 0 Å². The van der Waals surface area contributed by atoms with Crippen molar-refractivity contribution in [1.82, 2.24) is 9.62 Å². The van der Waals surface area contributed by atoms with Gasteiger partial charge in [-0.05, 0) is 11.4 Å². The van der Waals surface area contributed by atoms with Gasteiger partial charge in [0.25, 0.3) is 5.91 Å². The Kier molecular flexibility index (Phi) is 5.26. The van der Waals surface area contributed by atoms with Crippen LogP contribution in [0.1, 0.15) is 9.67 Å². The smallest absolute Gasteiger partial charge is 0.263 e. The molecule has 2 rings (SSSR count). The fourth-order valence-electron chi connectivity index (χ4n) is 2.03. The zero-order valence-electron chi connectivity index (χ0n) is 11.7. The van der Waals surface area contributed by atoms with E-state index in [2.05, 4.69) is 5.32 Å². The topological polar surface area (TPSA) is 75.7 Å². The fraction of sp³-hybridized carbons (Fsp3) is 0.583. The first-order chi connectivity index (χ1) is 9.81. The largest absolute Gasteiger partial charge is 0.379 e. The van der Waals surface area contributed by atoms with Gasteiger partial charge in [0.15, 0.2) is 0 Å². The number of thiophene rings is 1. The van der Waals surface area contributed by atoms with Gasteiger partial charge in [-0.25, -0.2) is 12.7 Å². The molecular formula is C12H17ClN2O4S2. The third-order valence-electron chi connectivity index (χ3n) is 3.32. The summed E-state index contributed by atoms with van der Waals surface area (Å²) in [5, 5.41) is 4.94. The fourth-order valence-corrected chi connectivity index (χ4v) is 4.24. The quantitative estimate of drug-likeness (QED) is 0.859. The molecule has 1 saturated heterocycles. The summed E-state index contributed by atoms with van der Waals surface area (Å²) in [6, 6.07) is 1.32. The summed E-state index contributed by atoms with van der Waals surface area (Å²) in [4.78, 5) is 12.6. The predicted octanol–water partition coefficient (Wildman–Crippen LogP) is 1.04. The third kappa shape index (κ3) is 3.95. The highest BCUT2D eigenvalue weighted by atomic mass is 35.5. The van der Waals surface area contributed by atoms with Gasteiger partial charge in [0, 0.05) is 20.0 Å². The van der Waals surface area contributed by atoms with Gasteiger partial charge >= 0.3 is 0 Å². The highest BCUT2D eigenvalue weighted by Crippen LogP contribution is 2.23. The molecule has 1 aliphatic heterocycles. The third-order valence-corrected chi connectivity index (χ3v) is 6.62. The molecule has 0 spiro atoms. The van der Waals surface area contributed by atoms with Gasteiger partial charge in [0.2, 0.25) is 10.0 Å². The lowest BCUT2D eigenvalue weighted by molar-refractivity contribution is 0.0930. The summed E-state index contributed by atoms with van der Waals surface area (Å²) >= 11 is 7.17. The molecule has 0 aliphatic carbocycles. The molecule has 1 N–H and O–H groups in total. The maximum Gasteiger partial charge on any atom is 0.263 e. The maximum atomic E-state index is 12.1. The Hall–Kier alpha value is -0.670. The van der Waals surface area contributed by atoms with Gasteiger partial charge in [-0.15, -0.1) is 11.3 Å². The summed E-state index contributed by atoms with van der Waals surface area (Å²) < 4.78 is 30.4. The molecule has 118 valence electrons. The Morgan fingerprint density at radius 2 is 2.24 bits per heavy atom. The van der Waals surface area contributed by atoms with Crippen LogP contribution in [0.15, 0.2) is 11.4 Å². The first-order valence-corrected chi connectivity index (χ1v) is 9.19. The van der Waals surface area contributed by atoms with E-state index >= 15 is 0 Å². The maximum absolute atomic E-state index is 12.1. The van der Waals surface area contributed by atoms with E-state index in [9.17, 15) is 13.2 Å². The van der Waals surface area contributed by atoms with Gasteiger partial charge < -0.3 is 10.1 Å². The van der Waals surface area contributed by atoms with E-state index in [1.807, 2.05) is 0 Å². The molecule has 9 heteroatoms. The number of hydrogen-bond donors (Lipinski definition) is 1. The highest BCUT2D eigenvalue weighted by Gasteiger charge is 2.34. The van der Waals surface area contributed by atoms with E-state index in [4.69, 9.17) is 16.3 Å². The molecule has 0 saturated carbocycles. The number of nitrogens with one attached hydrogen (secondary N) is 1. The molecule has 0 aromatic carbocycles. The number of hydrogen-bond acceptors (Lipinski definition) is 5. The number of carbonyl (C=O) groups excluding carboxylic acids is 1. The minimum atomic E-state index is -3.33. The van der Waals surface area contributed by atoms with Gasteiger partial charge in [-0.3, -0.25) is 4.79 Å². The molecule has 1 fully saturated rings. The lowest BCUT2D eigenvalue weighted by atomic mass is 10.1. The van der Waals surface area contributed by atoms with Crippen LogP contribution in [0.4, 0.5) is 0 Å². The standard InChI is InChI=1S/C12H17ClN2O4S2/c1-15(2)21(17,18)7-8-5-19-6-10(8)14-12(16)11-9(13)3-4-20-11/h3-4,8,10H,5-7H2,1-2H3,(H,14,16)/t8-,10+/m0/s1. The number of nitrogens with zero attached hydrogens (tertiary/aromatic N) is 1. The number of amides is 1. The Balaban J connectivity index is 2.03. The molecule has 1 aliphatic rings. The normalized spacial score (nSPS) is 22.7. The van der Waals surface area contributed by atoms with Crippen LogP contribution in [0.5, 0.6) is 0 Å². The summed E-state index contributed by atoms with van der Waals surface area (Å²) in [5.74, 6) is -0.610. The van der Waals surface area contributed by atoms with E-state index in [-0.39, 0.29) is 23.6 Å². The molecule has 2 atom stereocenters. The van der Waals surface area contributed by atoms with Crippen molar-refractivity contribution in [2.75, 3.05) is 33.1 Å². The summed E-state index contributed by atoms with van der Waals surface area (Å²) in [5.41, 5.74) is 0. The van der Waals surface area contributed by atoms with Crippen molar-refractivity contribution in [3.05, 3.63) is 21.3 Å². The van der Waals surface area contributed by atoms with E-state index in [0.717, 1.165) is 0 Å². The van der Waals surface area contributed by atoms with Crippen LogP contribution in [0, 0.1) is 5.92 Å². The van der Waals surface area contributed by atoms with Crippen molar-refractivity contribution < 1.29 is 17.9 Å². The minimum absolute atomic E-state index is 0.0525. The Bertz CT molecular complexity index is 615. The molecule has 1 amide bonds. The van der Waals surface area contributed by atoms with E-state index < -0.39 is 10.0 Å². The number of ether oxygens (including phenoxy) is 1. The second-order valence-corrected chi connectivity index (χ2v) is 8.59.